The number of ether oxygens (including phenoxy) is 2. The number of carbonyl (C=O) groups is 3. The largest absolute Gasteiger partial charge is 0.507 e. The molecule has 7 heteroatoms. The SMILES string of the molecule is O=C(O)/C=C\C(=O)OCCOc1ccc(C(=O)c2ccccc2)c(O)c1. The molecule has 0 aliphatic rings. The molecule has 7 nitrogen and oxygen atoms in total. The third-order valence-electron chi connectivity index (χ3n) is 3.21. The Morgan fingerprint density at radius 1 is 0.962 bits per heavy atom. The number of aliphatic carboxylic acids is 1. The van der Waals surface area contributed by atoms with Crippen molar-refractivity contribution in [1.82, 2.24) is 0 Å². The van der Waals surface area contributed by atoms with Crippen molar-refractivity contribution in [2.45, 2.75) is 0 Å². The number of carboxylic acid groups (broad SMARTS) is 1. The maximum atomic E-state index is 12.3. The summed E-state index contributed by atoms with van der Waals surface area (Å²) in [6.45, 7) is -0.105. The molecule has 134 valence electrons. The Hall–Kier alpha value is -3.61. The topological polar surface area (TPSA) is 110 Å². The Morgan fingerprint density at radius 3 is 2.35 bits per heavy atom. The highest BCUT2D eigenvalue weighted by Crippen LogP contribution is 2.25. The van der Waals surface area contributed by atoms with Gasteiger partial charge >= 0.3 is 11.9 Å². The maximum absolute atomic E-state index is 12.3. The molecule has 0 atom stereocenters. The fourth-order valence-electron chi connectivity index (χ4n) is 2.03. The summed E-state index contributed by atoms with van der Waals surface area (Å²) in [5.74, 6) is -2.29. The number of phenolic OH excluding ortho intramolecular Hbond substituents is 1. The number of aromatic hydroxyl groups is 1. The van der Waals surface area contributed by atoms with Crippen molar-refractivity contribution in [3.8, 4) is 11.5 Å². The highest BCUT2D eigenvalue weighted by molar-refractivity contribution is 6.10. The van der Waals surface area contributed by atoms with Crippen LogP contribution < -0.4 is 4.74 Å². The Bertz CT molecular complexity index is 825. The molecule has 0 saturated heterocycles. The predicted molar refractivity (Wildman–Crippen MR) is 91.2 cm³/mol. The second-order valence-electron chi connectivity index (χ2n) is 5.06. The summed E-state index contributed by atoms with van der Waals surface area (Å²) in [6, 6.07) is 12.8. The molecular weight excluding hydrogens is 340 g/mol. The minimum absolute atomic E-state index is 0.00191. The number of esters is 1. The van der Waals surface area contributed by atoms with Crippen molar-refractivity contribution in [2.75, 3.05) is 13.2 Å². The molecule has 2 N–H and O–H groups in total. The number of ketones is 1. The first kappa shape index (κ1) is 18.7. The minimum atomic E-state index is -1.25. The van der Waals surface area contributed by atoms with Gasteiger partial charge < -0.3 is 19.7 Å². The average molecular weight is 356 g/mol. The van der Waals surface area contributed by atoms with E-state index in [0.717, 1.165) is 6.08 Å². The first-order valence-electron chi connectivity index (χ1n) is 7.60. The van der Waals surface area contributed by atoms with Crippen LogP contribution in [0.2, 0.25) is 0 Å². The molecule has 2 rings (SSSR count). The van der Waals surface area contributed by atoms with E-state index >= 15 is 0 Å². The summed E-state index contributed by atoms with van der Waals surface area (Å²) in [5, 5.41) is 18.4. The van der Waals surface area contributed by atoms with Gasteiger partial charge in [0.25, 0.3) is 0 Å². The van der Waals surface area contributed by atoms with Crippen molar-refractivity contribution in [2.24, 2.45) is 0 Å². The summed E-state index contributed by atoms with van der Waals surface area (Å²) < 4.78 is 10.0. The monoisotopic (exact) mass is 356 g/mol. The molecule has 0 aliphatic carbocycles. The lowest BCUT2D eigenvalue weighted by molar-refractivity contribution is -0.139. The van der Waals surface area contributed by atoms with E-state index in [1.807, 2.05) is 0 Å². The second-order valence-corrected chi connectivity index (χ2v) is 5.06. The molecular formula is C19H16O7. The number of hydrogen-bond donors (Lipinski definition) is 2. The Kier molecular flexibility index (Phi) is 6.50. The summed E-state index contributed by atoms with van der Waals surface area (Å²) in [4.78, 5) is 33.7. The number of rotatable bonds is 8. The Balaban J connectivity index is 1.89. The third-order valence-corrected chi connectivity index (χ3v) is 3.21. The Morgan fingerprint density at radius 2 is 1.69 bits per heavy atom. The van der Waals surface area contributed by atoms with Crippen molar-refractivity contribution >= 4 is 17.7 Å². The van der Waals surface area contributed by atoms with Gasteiger partial charge in [0.1, 0.15) is 24.7 Å². The van der Waals surface area contributed by atoms with E-state index in [0.29, 0.717) is 17.4 Å². The van der Waals surface area contributed by atoms with Gasteiger partial charge in [0, 0.05) is 23.8 Å². The highest BCUT2D eigenvalue weighted by Gasteiger charge is 2.14. The van der Waals surface area contributed by atoms with E-state index in [4.69, 9.17) is 14.6 Å². The zero-order valence-corrected chi connectivity index (χ0v) is 13.6. The van der Waals surface area contributed by atoms with E-state index in [1.54, 1.807) is 30.3 Å². The predicted octanol–water partition coefficient (Wildman–Crippen LogP) is 2.19. The van der Waals surface area contributed by atoms with Crippen LogP contribution in [0.25, 0.3) is 0 Å². The lowest BCUT2D eigenvalue weighted by atomic mass is 10.0. The standard InChI is InChI=1S/C19H16O7/c20-16-12-14(25-10-11-26-18(23)9-8-17(21)22)6-7-15(16)19(24)13-4-2-1-3-5-13/h1-9,12,20H,10-11H2,(H,21,22)/b9-8-. The third kappa shape index (κ3) is 5.48. The maximum Gasteiger partial charge on any atom is 0.331 e. The number of phenols is 1. The van der Waals surface area contributed by atoms with Crippen molar-refractivity contribution < 1.29 is 34.1 Å². The van der Waals surface area contributed by atoms with E-state index in [1.165, 1.54) is 18.2 Å². The molecule has 0 saturated carbocycles. The van der Waals surface area contributed by atoms with Crippen LogP contribution in [0.15, 0.2) is 60.7 Å². The second kappa shape index (κ2) is 9.03. The number of benzene rings is 2. The summed E-state index contributed by atoms with van der Waals surface area (Å²) in [6.07, 6.45) is 1.46. The first-order valence-corrected chi connectivity index (χ1v) is 7.60. The first-order chi connectivity index (χ1) is 12.5. The Labute approximate surface area is 149 Å². The number of carboxylic acids is 1. The lowest BCUT2D eigenvalue weighted by Crippen LogP contribution is -2.11. The molecule has 2 aromatic rings. The molecule has 0 fully saturated rings. The van der Waals surface area contributed by atoms with Crippen LogP contribution in [-0.2, 0) is 14.3 Å². The number of hydrogen-bond acceptors (Lipinski definition) is 6. The lowest BCUT2D eigenvalue weighted by Gasteiger charge is -2.09. The molecule has 0 spiro atoms. The van der Waals surface area contributed by atoms with E-state index in [2.05, 4.69) is 0 Å². The molecule has 0 aliphatic heterocycles. The quantitative estimate of drug-likeness (QED) is 0.323. The summed E-state index contributed by atoms with van der Waals surface area (Å²) in [5.41, 5.74) is 0.603. The van der Waals surface area contributed by atoms with Crippen LogP contribution in [0.3, 0.4) is 0 Å². The van der Waals surface area contributed by atoms with Gasteiger partial charge in [-0.15, -0.1) is 0 Å². The van der Waals surface area contributed by atoms with Crippen LogP contribution in [0.4, 0.5) is 0 Å². The van der Waals surface area contributed by atoms with Crippen LogP contribution >= 0.6 is 0 Å². The van der Waals surface area contributed by atoms with Crippen LogP contribution in [-0.4, -0.2) is 41.1 Å². The van der Waals surface area contributed by atoms with E-state index < -0.39 is 11.9 Å². The molecule has 2 aromatic carbocycles. The van der Waals surface area contributed by atoms with Crippen molar-refractivity contribution in [3.63, 3.8) is 0 Å². The van der Waals surface area contributed by atoms with Gasteiger partial charge in [0.15, 0.2) is 5.78 Å². The van der Waals surface area contributed by atoms with Crippen LogP contribution in [0, 0.1) is 0 Å². The number of carbonyl (C=O) groups excluding carboxylic acids is 2. The zero-order chi connectivity index (χ0) is 18.9. The van der Waals surface area contributed by atoms with Gasteiger partial charge in [-0.3, -0.25) is 4.79 Å². The van der Waals surface area contributed by atoms with Crippen molar-refractivity contribution in [3.05, 3.63) is 71.8 Å². The highest BCUT2D eigenvalue weighted by atomic mass is 16.6. The zero-order valence-electron chi connectivity index (χ0n) is 13.6. The van der Waals surface area contributed by atoms with Gasteiger partial charge in [0.2, 0.25) is 0 Å². The molecule has 0 aromatic heterocycles. The van der Waals surface area contributed by atoms with Gasteiger partial charge in [-0.2, -0.15) is 0 Å². The van der Waals surface area contributed by atoms with Crippen LogP contribution in [0.5, 0.6) is 11.5 Å². The molecule has 0 amide bonds. The van der Waals surface area contributed by atoms with E-state index in [9.17, 15) is 19.5 Å². The smallest absolute Gasteiger partial charge is 0.331 e. The van der Waals surface area contributed by atoms with E-state index in [-0.39, 0.29) is 30.3 Å². The van der Waals surface area contributed by atoms with Gasteiger partial charge in [-0.1, -0.05) is 30.3 Å². The molecule has 0 radical (unpaired) electrons. The minimum Gasteiger partial charge on any atom is -0.507 e. The van der Waals surface area contributed by atoms with Gasteiger partial charge in [-0.25, -0.2) is 9.59 Å². The van der Waals surface area contributed by atoms with Gasteiger partial charge in [-0.05, 0) is 12.1 Å². The summed E-state index contributed by atoms with van der Waals surface area (Å²) in [7, 11) is 0. The fraction of sp³-hybridized carbons (Fsp3) is 0.105. The molecule has 0 bridgehead atoms. The average Bonchev–Trinajstić information content (AvgIpc) is 2.64. The van der Waals surface area contributed by atoms with Crippen LogP contribution in [0.1, 0.15) is 15.9 Å². The normalized spacial score (nSPS) is 10.5. The van der Waals surface area contributed by atoms with Gasteiger partial charge in [0.05, 0.1) is 5.56 Å². The molecule has 0 heterocycles. The summed E-state index contributed by atoms with van der Waals surface area (Å²) >= 11 is 0. The van der Waals surface area contributed by atoms with Crippen molar-refractivity contribution in [1.29, 1.82) is 0 Å². The molecule has 0 unspecified atom stereocenters. The molecule has 26 heavy (non-hydrogen) atoms. The fourth-order valence-corrected chi connectivity index (χ4v) is 2.03.